The molecule has 6 nitrogen and oxygen atoms in total. The van der Waals surface area contributed by atoms with Gasteiger partial charge in [0.15, 0.2) is 5.75 Å². The largest absolute Gasteiger partial charge is 0.455 e. The highest BCUT2D eigenvalue weighted by atomic mass is 35.5. The summed E-state index contributed by atoms with van der Waals surface area (Å²) in [7, 11) is -3.52. The summed E-state index contributed by atoms with van der Waals surface area (Å²) in [4.78, 5) is 13.0. The van der Waals surface area contributed by atoms with E-state index in [0.717, 1.165) is 12.8 Å². The van der Waals surface area contributed by atoms with Gasteiger partial charge in [-0.05, 0) is 67.4 Å². The zero-order chi connectivity index (χ0) is 21.8. The maximum atomic E-state index is 12.8. The van der Waals surface area contributed by atoms with Crippen LogP contribution in [0.1, 0.15) is 23.2 Å². The number of anilines is 1. The van der Waals surface area contributed by atoms with Gasteiger partial charge in [-0.1, -0.05) is 29.8 Å². The molecule has 0 aromatic heterocycles. The van der Waals surface area contributed by atoms with Crippen LogP contribution in [0.25, 0.3) is 0 Å². The topological polar surface area (TPSA) is 75.7 Å². The predicted molar refractivity (Wildman–Crippen MR) is 120 cm³/mol. The van der Waals surface area contributed by atoms with Crippen molar-refractivity contribution in [1.82, 2.24) is 4.31 Å². The van der Waals surface area contributed by atoms with Crippen molar-refractivity contribution in [3.8, 4) is 11.5 Å². The Morgan fingerprint density at radius 3 is 2.29 bits per heavy atom. The van der Waals surface area contributed by atoms with Gasteiger partial charge in [-0.25, -0.2) is 8.42 Å². The zero-order valence-electron chi connectivity index (χ0n) is 16.6. The number of hydrogen-bond donors (Lipinski definition) is 1. The molecule has 0 spiro atoms. The van der Waals surface area contributed by atoms with E-state index in [0.29, 0.717) is 40.9 Å². The Hall–Kier alpha value is -2.87. The lowest BCUT2D eigenvalue weighted by atomic mass is 10.2. The van der Waals surface area contributed by atoms with Crippen LogP contribution in [0.3, 0.4) is 0 Å². The van der Waals surface area contributed by atoms with E-state index < -0.39 is 15.9 Å². The summed E-state index contributed by atoms with van der Waals surface area (Å²) in [6.07, 6.45) is 1.74. The van der Waals surface area contributed by atoms with Gasteiger partial charge in [0.2, 0.25) is 10.0 Å². The fourth-order valence-electron chi connectivity index (χ4n) is 3.35. The van der Waals surface area contributed by atoms with Crippen molar-refractivity contribution in [3.05, 3.63) is 83.4 Å². The first-order valence-corrected chi connectivity index (χ1v) is 11.7. The number of halogens is 1. The molecular formula is C23H21ClN2O4S. The molecular weight excluding hydrogens is 436 g/mol. The Balaban J connectivity index is 1.52. The fourth-order valence-corrected chi connectivity index (χ4v) is 5.04. The normalized spacial score (nSPS) is 14.4. The average molecular weight is 457 g/mol. The summed E-state index contributed by atoms with van der Waals surface area (Å²) in [6, 6.07) is 20.1. The minimum atomic E-state index is -3.52. The first-order valence-electron chi connectivity index (χ1n) is 9.87. The molecule has 0 aliphatic carbocycles. The summed E-state index contributed by atoms with van der Waals surface area (Å²) in [5, 5.41) is 3.24. The predicted octanol–water partition coefficient (Wildman–Crippen LogP) is 5.17. The number of nitrogens with one attached hydrogen (secondary N) is 1. The summed E-state index contributed by atoms with van der Waals surface area (Å²) < 4.78 is 32.7. The van der Waals surface area contributed by atoms with Gasteiger partial charge < -0.3 is 10.1 Å². The van der Waals surface area contributed by atoms with E-state index in [1.807, 2.05) is 18.2 Å². The minimum absolute atomic E-state index is 0.182. The highest BCUT2D eigenvalue weighted by Crippen LogP contribution is 2.32. The number of para-hydroxylation sites is 1. The molecule has 160 valence electrons. The number of carbonyl (C=O) groups is 1. The van der Waals surface area contributed by atoms with Gasteiger partial charge in [0.1, 0.15) is 5.75 Å². The summed E-state index contributed by atoms with van der Waals surface area (Å²) >= 11 is 6.10. The number of hydrogen-bond acceptors (Lipinski definition) is 4. The van der Waals surface area contributed by atoms with E-state index in [9.17, 15) is 13.2 Å². The van der Waals surface area contributed by atoms with Crippen molar-refractivity contribution >= 4 is 33.2 Å². The summed E-state index contributed by atoms with van der Waals surface area (Å²) in [5.41, 5.74) is 0.737. The first kappa shape index (κ1) is 21.4. The third-order valence-corrected chi connectivity index (χ3v) is 7.13. The molecule has 0 atom stereocenters. The van der Waals surface area contributed by atoms with Crippen LogP contribution in [0.2, 0.25) is 5.02 Å². The maximum absolute atomic E-state index is 12.8. The summed E-state index contributed by atoms with van der Waals surface area (Å²) in [5.74, 6) is 0.666. The summed E-state index contributed by atoms with van der Waals surface area (Å²) in [6.45, 7) is 1.06. The molecule has 1 aliphatic rings. The molecule has 31 heavy (non-hydrogen) atoms. The smallest absolute Gasteiger partial charge is 0.255 e. The Morgan fingerprint density at radius 1 is 0.935 bits per heavy atom. The number of nitrogens with zero attached hydrogens (tertiary/aromatic N) is 1. The Bertz CT molecular complexity index is 1180. The van der Waals surface area contributed by atoms with E-state index >= 15 is 0 Å². The lowest BCUT2D eigenvalue weighted by Crippen LogP contribution is -2.27. The van der Waals surface area contributed by atoms with Crippen LogP contribution in [0.5, 0.6) is 11.5 Å². The molecule has 1 amide bonds. The van der Waals surface area contributed by atoms with Crippen LogP contribution in [-0.4, -0.2) is 31.7 Å². The fraction of sp³-hybridized carbons (Fsp3) is 0.174. The van der Waals surface area contributed by atoms with Gasteiger partial charge in [-0.2, -0.15) is 4.31 Å². The SMILES string of the molecule is O=C(Nc1cc(Cl)ccc1Oc1ccccc1)c1ccc(S(=O)(=O)N2CCCC2)cc1. The maximum Gasteiger partial charge on any atom is 0.255 e. The van der Waals surface area contributed by atoms with Crippen LogP contribution in [0, 0.1) is 0 Å². The van der Waals surface area contributed by atoms with Crippen LogP contribution in [-0.2, 0) is 10.0 Å². The van der Waals surface area contributed by atoms with Crippen molar-refractivity contribution in [2.75, 3.05) is 18.4 Å². The Labute approximate surface area is 186 Å². The molecule has 1 fully saturated rings. The molecule has 3 aromatic rings. The van der Waals surface area contributed by atoms with E-state index in [4.69, 9.17) is 16.3 Å². The van der Waals surface area contributed by atoms with E-state index in [-0.39, 0.29) is 4.90 Å². The standard InChI is InChI=1S/C23H21ClN2O4S/c24-18-10-13-22(30-19-6-2-1-3-7-19)21(16-18)25-23(27)17-8-11-20(12-9-17)31(28,29)26-14-4-5-15-26/h1-3,6-13,16H,4-5,14-15H2,(H,25,27). The van der Waals surface area contributed by atoms with E-state index in [1.54, 1.807) is 30.3 Å². The van der Waals surface area contributed by atoms with Gasteiger partial charge >= 0.3 is 0 Å². The van der Waals surface area contributed by atoms with Gasteiger partial charge in [0.25, 0.3) is 5.91 Å². The lowest BCUT2D eigenvalue weighted by Gasteiger charge is -2.16. The molecule has 4 rings (SSSR count). The average Bonchev–Trinajstić information content (AvgIpc) is 3.32. The second-order valence-electron chi connectivity index (χ2n) is 7.15. The third kappa shape index (κ3) is 4.90. The van der Waals surface area contributed by atoms with Crippen molar-refractivity contribution in [2.45, 2.75) is 17.7 Å². The molecule has 1 heterocycles. The molecule has 0 bridgehead atoms. The second-order valence-corrected chi connectivity index (χ2v) is 9.52. The molecule has 0 unspecified atom stereocenters. The zero-order valence-corrected chi connectivity index (χ0v) is 18.2. The van der Waals surface area contributed by atoms with E-state index in [2.05, 4.69) is 5.32 Å². The molecule has 0 radical (unpaired) electrons. The van der Waals surface area contributed by atoms with Crippen LogP contribution in [0.15, 0.2) is 77.7 Å². The van der Waals surface area contributed by atoms with Gasteiger partial charge in [-0.3, -0.25) is 4.79 Å². The van der Waals surface area contributed by atoms with E-state index in [1.165, 1.54) is 28.6 Å². The molecule has 8 heteroatoms. The quantitative estimate of drug-likeness (QED) is 0.555. The molecule has 1 N–H and O–H groups in total. The second kappa shape index (κ2) is 9.09. The Morgan fingerprint density at radius 2 is 1.61 bits per heavy atom. The van der Waals surface area contributed by atoms with Crippen molar-refractivity contribution < 1.29 is 17.9 Å². The minimum Gasteiger partial charge on any atom is -0.455 e. The Kier molecular flexibility index (Phi) is 6.27. The van der Waals surface area contributed by atoms with Gasteiger partial charge in [0, 0.05) is 23.7 Å². The highest BCUT2D eigenvalue weighted by molar-refractivity contribution is 7.89. The van der Waals surface area contributed by atoms with Gasteiger partial charge in [-0.15, -0.1) is 0 Å². The lowest BCUT2D eigenvalue weighted by molar-refractivity contribution is 0.102. The molecule has 3 aromatic carbocycles. The number of carbonyl (C=O) groups excluding carboxylic acids is 1. The highest BCUT2D eigenvalue weighted by Gasteiger charge is 2.27. The third-order valence-electron chi connectivity index (χ3n) is 4.98. The molecule has 1 saturated heterocycles. The first-order chi connectivity index (χ1) is 14.9. The van der Waals surface area contributed by atoms with Crippen LogP contribution >= 0.6 is 11.6 Å². The molecule has 1 aliphatic heterocycles. The van der Waals surface area contributed by atoms with Crippen LogP contribution < -0.4 is 10.1 Å². The number of benzene rings is 3. The van der Waals surface area contributed by atoms with Gasteiger partial charge in [0.05, 0.1) is 10.6 Å². The monoisotopic (exact) mass is 456 g/mol. The molecule has 0 saturated carbocycles. The van der Waals surface area contributed by atoms with Crippen molar-refractivity contribution in [3.63, 3.8) is 0 Å². The van der Waals surface area contributed by atoms with Crippen molar-refractivity contribution in [2.24, 2.45) is 0 Å². The van der Waals surface area contributed by atoms with Crippen molar-refractivity contribution in [1.29, 1.82) is 0 Å². The number of sulfonamides is 1. The number of rotatable bonds is 6. The number of ether oxygens (including phenoxy) is 1. The van der Waals surface area contributed by atoms with Crippen LogP contribution in [0.4, 0.5) is 5.69 Å². The number of amides is 1.